The molecule has 0 amide bonds. The summed E-state index contributed by atoms with van der Waals surface area (Å²) >= 11 is 0. The Morgan fingerprint density at radius 2 is 1.82 bits per heavy atom. The molecule has 1 fully saturated rings. The Kier molecular flexibility index (Phi) is 5.37. The highest BCUT2D eigenvalue weighted by Gasteiger charge is 2.44. The number of pyridine rings is 2. The summed E-state index contributed by atoms with van der Waals surface area (Å²) in [6.45, 7) is 5.48. The van der Waals surface area contributed by atoms with Crippen molar-refractivity contribution in [2.24, 2.45) is 0 Å². The van der Waals surface area contributed by atoms with Crippen molar-refractivity contribution in [3.05, 3.63) is 50.8 Å². The van der Waals surface area contributed by atoms with Gasteiger partial charge < -0.3 is 18.9 Å². The number of ether oxygens (including phenoxy) is 2. The summed E-state index contributed by atoms with van der Waals surface area (Å²) in [4.78, 5) is 33.5. The van der Waals surface area contributed by atoms with Crippen LogP contribution < -0.4 is 15.0 Å². The second kappa shape index (κ2) is 8.59. The first kappa shape index (κ1) is 23.8. The van der Waals surface area contributed by atoms with Crippen molar-refractivity contribution in [1.82, 2.24) is 14.5 Å². The molecule has 0 saturated carbocycles. The first-order valence-corrected chi connectivity index (χ1v) is 13.6. The predicted octanol–water partition coefficient (Wildman–Crippen LogP) is 4.78. The van der Waals surface area contributed by atoms with Gasteiger partial charge in [0.25, 0.3) is 5.56 Å². The van der Waals surface area contributed by atoms with Crippen LogP contribution in [0.1, 0.15) is 67.2 Å². The number of carbonyl (C=O) groups is 1. The summed E-state index contributed by atoms with van der Waals surface area (Å²) in [6, 6.07) is 5.07. The second-order valence-electron chi connectivity index (χ2n) is 10.9. The summed E-state index contributed by atoms with van der Waals surface area (Å²) in [6.07, 6.45) is 2.46. The summed E-state index contributed by atoms with van der Waals surface area (Å²) in [7, 11) is 0. The van der Waals surface area contributed by atoms with Gasteiger partial charge in [-0.1, -0.05) is 13.3 Å². The van der Waals surface area contributed by atoms with Gasteiger partial charge >= 0.3 is 6.29 Å². The van der Waals surface area contributed by atoms with Gasteiger partial charge in [-0.3, -0.25) is 9.59 Å². The van der Waals surface area contributed by atoms with Gasteiger partial charge in [-0.15, -0.1) is 8.78 Å². The molecule has 1 unspecified atom stereocenters. The molecule has 1 atom stereocenters. The van der Waals surface area contributed by atoms with E-state index in [9.17, 15) is 18.4 Å². The molecular weight excluding hydrogens is 492 g/mol. The van der Waals surface area contributed by atoms with E-state index in [0.29, 0.717) is 35.4 Å². The SMILES string of the molecule is CCC1C(=O)Cc2c1cc1n(c2=O)Cc2c-1nc1cc3c(cc1c2CCCN1CCCCC1)OC(F)(F)O3. The Morgan fingerprint density at radius 3 is 2.58 bits per heavy atom. The van der Waals surface area contributed by atoms with E-state index in [1.54, 1.807) is 10.6 Å². The number of halogens is 2. The van der Waals surface area contributed by atoms with Crippen molar-refractivity contribution >= 4 is 16.7 Å². The number of hydrogen-bond donors (Lipinski definition) is 0. The van der Waals surface area contributed by atoms with Crippen LogP contribution in [-0.2, 0) is 24.2 Å². The highest BCUT2D eigenvalue weighted by atomic mass is 19.3. The van der Waals surface area contributed by atoms with Crippen molar-refractivity contribution in [1.29, 1.82) is 0 Å². The number of aromatic nitrogens is 2. The summed E-state index contributed by atoms with van der Waals surface area (Å²) in [5, 5.41) is 0.748. The molecule has 1 saturated heterocycles. The quantitative estimate of drug-likeness (QED) is 0.376. The number of Topliss-reactive ketones (excluding diaryl/α,β-unsaturated/α-hetero) is 1. The summed E-state index contributed by atoms with van der Waals surface area (Å²) in [5.41, 5.74) is 5.14. The first-order valence-electron chi connectivity index (χ1n) is 13.6. The van der Waals surface area contributed by atoms with Crippen molar-refractivity contribution in [2.45, 2.75) is 70.6 Å². The molecule has 5 heterocycles. The molecule has 0 spiro atoms. The zero-order valence-electron chi connectivity index (χ0n) is 21.3. The lowest BCUT2D eigenvalue weighted by atomic mass is 9.95. The zero-order chi connectivity index (χ0) is 26.2. The largest absolute Gasteiger partial charge is 0.586 e. The van der Waals surface area contributed by atoms with Gasteiger partial charge in [0.15, 0.2) is 11.5 Å². The van der Waals surface area contributed by atoms with Crippen molar-refractivity contribution < 1.29 is 23.0 Å². The normalized spacial score (nSPS) is 21.1. The maximum atomic E-state index is 13.9. The Bertz CT molecular complexity index is 1560. The van der Waals surface area contributed by atoms with E-state index in [4.69, 9.17) is 14.5 Å². The average Bonchev–Trinajstić information content (AvgIpc) is 3.52. The number of nitrogens with zero attached hydrogens (tertiary/aromatic N) is 3. The Balaban J connectivity index is 1.35. The number of ketones is 1. The van der Waals surface area contributed by atoms with Gasteiger partial charge in [-0.2, -0.15) is 0 Å². The van der Waals surface area contributed by atoms with Crippen LogP contribution in [0.15, 0.2) is 23.0 Å². The molecule has 0 bridgehead atoms. The van der Waals surface area contributed by atoms with E-state index in [2.05, 4.69) is 4.90 Å². The number of rotatable bonds is 5. The van der Waals surface area contributed by atoms with Gasteiger partial charge in [0.2, 0.25) is 0 Å². The lowest BCUT2D eigenvalue weighted by Crippen LogP contribution is -2.30. The molecule has 9 heteroatoms. The molecule has 0 radical (unpaired) electrons. The van der Waals surface area contributed by atoms with Crippen molar-refractivity contribution in [3.8, 4) is 22.9 Å². The molecule has 4 aliphatic rings. The third-order valence-corrected chi connectivity index (χ3v) is 8.59. The van der Waals surface area contributed by atoms with Gasteiger partial charge in [0.05, 0.1) is 23.4 Å². The number of likely N-dealkylation sites (tertiary alicyclic amines) is 1. The van der Waals surface area contributed by atoms with Gasteiger partial charge in [-0.25, -0.2) is 4.98 Å². The summed E-state index contributed by atoms with van der Waals surface area (Å²) in [5.74, 6) is -0.233. The maximum absolute atomic E-state index is 13.9. The number of hydrogen-bond acceptors (Lipinski definition) is 6. The fourth-order valence-corrected chi connectivity index (χ4v) is 6.77. The monoisotopic (exact) mass is 521 g/mol. The van der Waals surface area contributed by atoms with Crippen LogP contribution in [0.4, 0.5) is 8.78 Å². The lowest BCUT2D eigenvalue weighted by molar-refractivity contribution is -0.286. The highest BCUT2D eigenvalue weighted by Crippen LogP contribution is 2.46. The molecule has 38 heavy (non-hydrogen) atoms. The van der Waals surface area contributed by atoms with E-state index >= 15 is 0 Å². The van der Waals surface area contributed by atoms with Gasteiger partial charge in [0, 0.05) is 34.9 Å². The number of alkyl halides is 2. The molecule has 3 aliphatic heterocycles. The molecule has 0 N–H and O–H groups in total. The highest BCUT2D eigenvalue weighted by molar-refractivity contribution is 5.94. The Labute approximate surface area is 218 Å². The van der Waals surface area contributed by atoms with Crippen LogP contribution in [0.5, 0.6) is 11.5 Å². The predicted molar refractivity (Wildman–Crippen MR) is 137 cm³/mol. The minimum atomic E-state index is -3.71. The fourth-order valence-electron chi connectivity index (χ4n) is 6.77. The molecule has 1 aromatic carbocycles. The molecule has 198 valence electrons. The number of aryl methyl sites for hydroxylation is 1. The third-order valence-electron chi connectivity index (χ3n) is 8.59. The van der Waals surface area contributed by atoms with Crippen LogP contribution in [0.2, 0.25) is 0 Å². The summed E-state index contributed by atoms with van der Waals surface area (Å²) < 4.78 is 38.9. The number of benzene rings is 1. The van der Waals surface area contributed by atoms with E-state index < -0.39 is 6.29 Å². The van der Waals surface area contributed by atoms with Crippen LogP contribution in [0.25, 0.3) is 22.3 Å². The van der Waals surface area contributed by atoms with Gasteiger partial charge in [0.1, 0.15) is 5.78 Å². The second-order valence-corrected chi connectivity index (χ2v) is 10.9. The lowest BCUT2D eigenvalue weighted by Gasteiger charge is -2.26. The Morgan fingerprint density at radius 1 is 1.05 bits per heavy atom. The number of piperidine rings is 1. The van der Waals surface area contributed by atoms with Crippen LogP contribution >= 0.6 is 0 Å². The fraction of sp³-hybridized carbons (Fsp3) is 0.483. The maximum Gasteiger partial charge on any atom is 0.586 e. The van der Waals surface area contributed by atoms with Crippen molar-refractivity contribution in [2.75, 3.05) is 19.6 Å². The van der Waals surface area contributed by atoms with Crippen LogP contribution in [0, 0.1) is 0 Å². The van der Waals surface area contributed by atoms with E-state index in [0.717, 1.165) is 54.6 Å². The molecular formula is C29H29F2N3O4. The molecule has 3 aromatic rings. The average molecular weight is 522 g/mol. The van der Waals surface area contributed by atoms with E-state index in [1.165, 1.54) is 25.3 Å². The topological polar surface area (TPSA) is 73.7 Å². The minimum absolute atomic E-state index is 0.00233. The standard InChI is InChI=1S/C29H29F2N3O4/c1-2-16-18-11-23-27-21(15-34(23)28(36)20(18)12-24(16)35)17(7-6-10-33-8-4-3-5-9-33)19-13-25-26(14-22(19)32-27)38-29(30,31)37-25/h11,13-14,16H,2-10,12,15H2,1H3. The molecule has 2 aromatic heterocycles. The van der Waals surface area contributed by atoms with Crippen LogP contribution in [0.3, 0.4) is 0 Å². The van der Waals surface area contributed by atoms with Crippen LogP contribution in [-0.4, -0.2) is 46.2 Å². The molecule has 7 nitrogen and oxygen atoms in total. The van der Waals surface area contributed by atoms with E-state index in [-0.39, 0.29) is 35.2 Å². The number of fused-ring (bicyclic) bond motifs is 6. The Hall–Kier alpha value is -3.33. The van der Waals surface area contributed by atoms with Gasteiger partial charge in [-0.05, 0) is 75.0 Å². The van der Waals surface area contributed by atoms with Crippen molar-refractivity contribution in [3.63, 3.8) is 0 Å². The smallest absolute Gasteiger partial charge is 0.395 e. The molecule has 1 aliphatic carbocycles. The first-order chi connectivity index (χ1) is 18.3. The third kappa shape index (κ3) is 3.66. The zero-order valence-corrected chi connectivity index (χ0v) is 21.3. The van der Waals surface area contributed by atoms with E-state index in [1.807, 2.05) is 13.0 Å². The number of carbonyl (C=O) groups excluding carboxylic acids is 1. The molecule has 7 rings (SSSR count). The minimum Gasteiger partial charge on any atom is -0.395 e.